The summed E-state index contributed by atoms with van der Waals surface area (Å²) in [5.41, 5.74) is 1.96. The molecule has 0 aliphatic carbocycles. The molecule has 0 saturated carbocycles. The van der Waals surface area contributed by atoms with Crippen molar-refractivity contribution in [3.05, 3.63) is 66.0 Å². The summed E-state index contributed by atoms with van der Waals surface area (Å²) in [5, 5.41) is 3.21. The van der Waals surface area contributed by atoms with E-state index in [1.54, 1.807) is 12.1 Å². The van der Waals surface area contributed by atoms with Crippen molar-refractivity contribution in [2.75, 3.05) is 44.2 Å². The Hall–Kier alpha value is -2.60. The molecule has 0 radical (unpaired) electrons. The molecule has 0 atom stereocenters. The lowest BCUT2D eigenvalue weighted by Gasteiger charge is -2.38. The van der Waals surface area contributed by atoms with Crippen molar-refractivity contribution in [1.29, 1.82) is 0 Å². The van der Waals surface area contributed by atoms with Crippen LogP contribution in [0, 0.1) is 5.82 Å². The summed E-state index contributed by atoms with van der Waals surface area (Å²) in [5.74, 6) is -0.201. The Morgan fingerprint density at radius 1 is 0.897 bits per heavy atom. The lowest BCUT2D eigenvalue weighted by molar-refractivity contribution is 0.167. The van der Waals surface area contributed by atoms with E-state index in [4.69, 9.17) is 0 Å². The van der Waals surface area contributed by atoms with Crippen molar-refractivity contribution in [2.45, 2.75) is 25.4 Å². The monoisotopic (exact) mass is 396 g/mol. The van der Waals surface area contributed by atoms with Crippen LogP contribution in [0.5, 0.6) is 0 Å². The highest BCUT2D eigenvalue weighted by Gasteiger charge is 2.26. The number of halogens is 1. The lowest BCUT2D eigenvalue weighted by Crippen LogP contribution is -2.55. The fourth-order valence-corrected chi connectivity index (χ4v) is 4.20. The van der Waals surface area contributed by atoms with Crippen LogP contribution in [-0.2, 0) is 6.54 Å². The molecular weight excluding hydrogens is 367 g/mol. The molecule has 2 amide bonds. The molecule has 6 heteroatoms. The summed E-state index contributed by atoms with van der Waals surface area (Å²) in [6, 6.07) is 17.6. The molecule has 29 heavy (non-hydrogen) atoms. The molecule has 0 bridgehead atoms. The van der Waals surface area contributed by atoms with Gasteiger partial charge in [0, 0.05) is 51.9 Å². The summed E-state index contributed by atoms with van der Waals surface area (Å²) in [6.07, 6.45) is 1.96. The van der Waals surface area contributed by atoms with E-state index < -0.39 is 0 Å². The number of likely N-dealkylation sites (tertiary alicyclic amines) is 1. The van der Waals surface area contributed by atoms with Gasteiger partial charge >= 0.3 is 6.03 Å². The number of hydrogen-bond acceptors (Lipinski definition) is 3. The van der Waals surface area contributed by atoms with Crippen molar-refractivity contribution in [1.82, 2.24) is 15.1 Å². The van der Waals surface area contributed by atoms with Crippen molar-refractivity contribution in [2.24, 2.45) is 0 Å². The number of anilines is 1. The third-order valence-electron chi connectivity index (χ3n) is 5.92. The number of carbonyl (C=O) groups is 1. The van der Waals surface area contributed by atoms with Crippen molar-refractivity contribution in [3.63, 3.8) is 0 Å². The van der Waals surface area contributed by atoms with Crippen LogP contribution < -0.4 is 10.2 Å². The maximum atomic E-state index is 14.0. The zero-order valence-corrected chi connectivity index (χ0v) is 16.8. The first-order chi connectivity index (χ1) is 14.2. The normalized spacial score (nSPS) is 18.7. The quantitative estimate of drug-likeness (QED) is 0.862. The molecule has 2 aliphatic rings. The molecule has 2 aromatic carbocycles. The molecule has 0 aromatic heterocycles. The highest BCUT2D eigenvalue weighted by Crippen LogP contribution is 2.20. The largest absolute Gasteiger partial charge is 0.366 e. The van der Waals surface area contributed by atoms with Gasteiger partial charge in [0.1, 0.15) is 5.82 Å². The van der Waals surface area contributed by atoms with Gasteiger partial charge in [0.15, 0.2) is 0 Å². The average molecular weight is 397 g/mol. The first-order valence-electron chi connectivity index (χ1n) is 10.5. The van der Waals surface area contributed by atoms with E-state index in [2.05, 4.69) is 34.5 Å². The third kappa shape index (κ3) is 5.07. The average Bonchev–Trinajstić information content (AvgIpc) is 2.76. The number of benzene rings is 2. The standard InChI is InChI=1S/C23H29FN4O/c24-21-8-4-5-9-22(21)27-14-16-28(17-15-27)23(29)25-20-10-12-26(13-11-20)18-19-6-2-1-3-7-19/h1-9,20H,10-18H2,(H,25,29). The van der Waals surface area contributed by atoms with Gasteiger partial charge < -0.3 is 15.1 Å². The number of nitrogens with zero attached hydrogens (tertiary/aromatic N) is 3. The summed E-state index contributed by atoms with van der Waals surface area (Å²) in [6.45, 7) is 5.52. The van der Waals surface area contributed by atoms with Crippen LogP contribution in [0.15, 0.2) is 54.6 Å². The number of urea groups is 1. The number of para-hydroxylation sites is 1. The van der Waals surface area contributed by atoms with E-state index in [0.29, 0.717) is 31.9 Å². The molecule has 4 rings (SSSR count). The van der Waals surface area contributed by atoms with Crippen molar-refractivity contribution in [3.8, 4) is 0 Å². The number of piperazine rings is 1. The minimum atomic E-state index is -0.201. The summed E-state index contributed by atoms with van der Waals surface area (Å²) < 4.78 is 14.0. The maximum absolute atomic E-state index is 14.0. The molecule has 154 valence electrons. The van der Waals surface area contributed by atoms with Gasteiger partial charge in [-0.05, 0) is 30.5 Å². The SMILES string of the molecule is O=C(NC1CCN(Cc2ccccc2)CC1)N1CCN(c2ccccc2F)CC1. The van der Waals surface area contributed by atoms with Crippen LogP contribution in [-0.4, -0.2) is 61.1 Å². The molecule has 0 unspecified atom stereocenters. The zero-order chi connectivity index (χ0) is 20.1. The van der Waals surface area contributed by atoms with Gasteiger partial charge in [-0.2, -0.15) is 0 Å². The predicted molar refractivity (Wildman–Crippen MR) is 113 cm³/mol. The summed E-state index contributed by atoms with van der Waals surface area (Å²) >= 11 is 0. The summed E-state index contributed by atoms with van der Waals surface area (Å²) in [7, 11) is 0. The van der Waals surface area contributed by atoms with Crippen LogP contribution in [0.4, 0.5) is 14.9 Å². The molecule has 0 spiro atoms. The second kappa shape index (κ2) is 9.27. The second-order valence-electron chi connectivity index (χ2n) is 7.91. The van der Waals surface area contributed by atoms with E-state index in [1.807, 2.05) is 21.9 Å². The highest BCUT2D eigenvalue weighted by atomic mass is 19.1. The number of nitrogens with one attached hydrogen (secondary N) is 1. The van der Waals surface area contributed by atoms with E-state index >= 15 is 0 Å². The number of carbonyl (C=O) groups excluding carboxylic acids is 1. The minimum Gasteiger partial charge on any atom is -0.366 e. The van der Waals surface area contributed by atoms with Gasteiger partial charge in [0.25, 0.3) is 0 Å². The maximum Gasteiger partial charge on any atom is 0.317 e. The van der Waals surface area contributed by atoms with Gasteiger partial charge in [-0.15, -0.1) is 0 Å². The van der Waals surface area contributed by atoms with Crippen LogP contribution in [0.1, 0.15) is 18.4 Å². The Morgan fingerprint density at radius 2 is 1.55 bits per heavy atom. The molecule has 1 N–H and O–H groups in total. The fourth-order valence-electron chi connectivity index (χ4n) is 4.20. The fraction of sp³-hybridized carbons (Fsp3) is 0.435. The number of amides is 2. The lowest BCUT2D eigenvalue weighted by atomic mass is 10.0. The Kier molecular flexibility index (Phi) is 6.30. The Morgan fingerprint density at radius 3 is 2.24 bits per heavy atom. The van der Waals surface area contributed by atoms with Crippen LogP contribution in [0.3, 0.4) is 0 Å². The number of piperidine rings is 1. The number of hydrogen-bond donors (Lipinski definition) is 1. The minimum absolute atomic E-state index is 0.0136. The first-order valence-corrected chi connectivity index (χ1v) is 10.5. The zero-order valence-electron chi connectivity index (χ0n) is 16.8. The molecular formula is C23H29FN4O. The van der Waals surface area contributed by atoms with Crippen LogP contribution >= 0.6 is 0 Å². The Labute approximate surface area is 172 Å². The topological polar surface area (TPSA) is 38.8 Å². The molecule has 2 saturated heterocycles. The van der Waals surface area contributed by atoms with Gasteiger partial charge in [0.05, 0.1) is 5.69 Å². The molecule has 2 aliphatic heterocycles. The van der Waals surface area contributed by atoms with Crippen LogP contribution in [0.2, 0.25) is 0 Å². The van der Waals surface area contributed by atoms with Crippen molar-refractivity contribution >= 4 is 11.7 Å². The molecule has 2 aromatic rings. The van der Waals surface area contributed by atoms with Gasteiger partial charge in [-0.1, -0.05) is 42.5 Å². The summed E-state index contributed by atoms with van der Waals surface area (Å²) in [4.78, 5) is 19.0. The smallest absolute Gasteiger partial charge is 0.317 e. The second-order valence-corrected chi connectivity index (χ2v) is 7.91. The van der Waals surface area contributed by atoms with Gasteiger partial charge in [-0.3, -0.25) is 4.90 Å². The molecule has 2 heterocycles. The Bertz CT molecular complexity index is 800. The van der Waals surface area contributed by atoms with E-state index in [1.165, 1.54) is 11.6 Å². The third-order valence-corrected chi connectivity index (χ3v) is 5.92. The highest BCUT2D eigenvalue weighted by molar-refractivity contribution is 5.75. The Balaban J connectivity index is 1.20. The van der Waals surface area contributed by atoms with E-state index in [0.717, 1.165) is 32.5 Å². The van der Waals surface area contributed by atoms with E-state index in [-0.39, 0.29) is 17.9 Å². The van der Waals surface area contributed by atoms with E-state index in [9.17, 15) is 9.18 Å². The van der Waals surface area contributed by atoms with Gasteiger partial charge in [0.2, 0.25) is 0 Å². The molecule has 5 nitrogen and oxygen atoms in total. The van der Waals surface area contributed by atoms with Crippen LogP contribution in [0.25, 0.3) is 0 Å². The van der Waals surface area contributed by atoms with Gasteiger partial charge in [-0.25, -0.2) is 9.18 Å². The molecule has 2 fully saturated rings. The number of rotatable bonds is 4. The predicted octanol–water partition coefficient (Wildman–Crippen LogP) is 3.32. The van der Waals surface area contributed by atoms with Crippen molar-refractivity contribution < 1.29 is 9.18 Å². The first kappa shape index (κ1) is 19.7.